The second-order valence-corrected chi connectivity index (χ2v) is 5.32. The van der Waals surface area contributed by atoms with Crippen LogP contribution in [-0.2, 0) is 13.0 Å². The second kappa shape index (κ2) is 7.07. The van der Waals surface area contributed by atoms with Crippen molar-refractivity contribution in [1.82, 2.24) is 4.98 Å². The maximum absolute atomic E-state index is 8.84. The molecule has 0 bridgehead atoms. The quantitative estimate of drug-likeness (QED) is 0.921. The highest BCUT2D eigenvalue weighted by Crippen LogP contribution is 2.25. The molecule has 0 radical (unpaired) electrons. The lowest BCUT2D eigenvalue weighted by Gasteiger charge is -2.13. The number of hydrogen-bond acceptors (Lipinski definition) is 4. The van der Waals surface area contributed by atoms with Gasteiger partial charge in [0.1, 0.15) is 24.1 Å². The number of ether oxygens (including phenoxy) is 1. The largest absolute Gasteiger partial charge is 0.489 e. The van der Waals surface area contributed by atoms with Crippen molar-refractivity contribution in [1.29, 1.82) is 5.26 Å². The van der Waals surface area contributed by atoms with E-state index in [0.717, 1.165) is 16.9 Å². The molecule has 2 N–H and O–H groups in total. The van der Waals surface area contributed by atoms with Crippen LogP contribution in [0.3, 0.4) is 0 Å². The van der Waals surface area contributed by atoms with Crippen molar-refractivity contribution >= 4 is 11.6 Å². The zero-order valence-electron chi connectivity index (χ0n) is 11.7. The van der Waals surface area contributed by atoms with E-state index in [2.05, 4.69) is 4.98 Å². The van der Waals surface area contributed by atoms with Gasteiger partial charge in [-0.1, -0.05) is 11.6 Å². The minimum absolute atomic E-state index is 0.0249. The average Bonchev–Trinajstić information content (AvgIpc) is 2.46. The van der Waals surface area contributed by atoms with Crippen LogP contribution in [0.15, 0.2) is 36.5 Å². The Kier molecular flexibility index (Phi) is 5.15. The molecule has 1 atom stereocenters. The molecule has 0 aliphatic rings. The van der Waals surface area contributed by atoms with E-state index in [1.54, 1.807) is 18.3 Å². The van der Waals surface area contributed by atoms with Crippen molar-refractivity contribution in [3.8, 4) is 11.8 Å². The number of pyridine rings is 1. The fourth-order valence-corrected chi connectivity index (χ4v) is 2.18. The summed E-state index contributed by atoms with van der Waals surface area (Å²) in [5, 5.41) is 9.50. The first-order valence-electron chi connectivity index (χ1n) is 6.60. The van der Waals surface area contributed by atoms with Gasteiger partial charge in [0, 0.05) is 17.3 Å². The smallest absolute Gasteiger partial charge is 0.140 e. The van der Waals surface area contributed by atoms with Crippen LogP contribution in [0.4, 0.5) is 0 Å². The number of hydrogen-bond donors (Lipinski definition) is 1. The van der Waals surface area contributed by atoms with Crippen molar-refractivity contribution in [2.45, 2.75) is 26.0 Å². The van der Waals surface area contributed by atoms with E-state index in [0.29, 0.717) is 23.7 Å². The molecule has 0 saturated heterocycles. The van der Waals surface area contributed by atoms with Crippen LogP contribution in [0.2, 0.25) is 5.02 Å². The maximum Gasteiger partial charge on any atom is 0.140 e. The fraction of sp³-hybridized carbons (Fsp3) is 0.250. The third-order valence-electron chi connectivity index (χ3n) is 2.90. The Bertz CT molecular complexity index is 665. The average molecular weight is 302 g/mol. The molecule has 0 spiro atoms. The molecule has 1 heterocycles. The van der Waals surface area contributed by atoms with Crippen LogP contribution >= 0.6 is 11.6 Å². The fourth-order valence-electron chi connectivity index (χ4n) is 1.98. The zero-order valence-corrected chi connectivity index (χ0v) is 12.5. The monoisotopic (exact) mass is 301 g/mol. The van der Waals surface area contributed by atoms with Crippen molar-refractivity contribution < 1.29 is 4.74 Å². The van der Waals surface area contributed by atoms with Crippen LogP contribution in [0.1, 0.15) is 23.7 Å². The van der Waals surface area contributed by atoms with Crippen molar-refractivity contribution in [2.24, 2.45) is 5.73 Å². The minimum Gasteiger partial charge on any atom is -0.489 e. The molecule has 1 aromatic carbocycles. The Morgan fingerprint density at radius 1 is 1.38 bits per heavy atom. The summed E-state index contributed by atoms with van der Waals surface area (Å²) in [5.41, 5.74) is 8.09. The molecule has 108 valence electrons. The molecule has 4 nitrogen and oxygen atoms in total. The Balaban J connectivity index is 2.14. The third kappa shape index (κ3) is 4.45. The first kappa shape index (κ1) is 15.3. The topological polar surface area (TPSA) is 71.9 Å². The number of benzene rings is 1. The highest BCUT2D eigenvalue weighted by atomic mass is 35.5. The molecule has 21 heavy (non-hydrogen) atoms. The van der Waals surface area contributed by atoms with E-state index in [-0.39, 0.29) is 6.04 Å². The molecule has 0 fully saturated rings. The summed E-state index contributed by atoms with van der Waals surface area (Å²) in [5.74, 6) is 0.756. The van der Waals surface area contributed by atoms with Gasteiger partial charge in [0.2, 0.25) is 0 Å². The lowest BCUT2D eigenvalue weighted by atomic mass is 10.1. The maximum atomic E-state index is 8.84. The van der Waals surface area contributed by atoms with Gasteiger partial charge < -0.3 is 10.5 Å². The molecule has 5 heteroatoms. The van der Waals surface area contributed by atoms with Gasteiger partial charge in [0.15, 0.2) is 0 Å². The van der Waals surface area contributed by atoms with Gasteiger partial charge in [-0.25, -0.2) is 4.98 Å². The third-order valence-corrected chi connectivity index (χ3v) is 3.13. The van der Waals surface area contributed by atoms with Crippen molar-refractivity contribution in [3.63, 3.8) is 0 Å². The van der Waals surface area contributed by atoms with E-state index >= 15 is 0 Å². The molecule has 2 aromatic rings. The van der Waals surface area contributed by atoms with Gasteiger partial charge in [-0.15, -0.1) is 0 Å². The number of nitrogens with zero attached hydrogens (tertiary/aromatic N) is 2. The van der Waals surface area contributed by atoms with Crippen molar-refractivity contribution in [2.75, 3.05) is 0 Å². The van der Waals surface area contributed by atoms with E-state index in [4.69, 9.17) is 27.3 Å². The molecule has 2 rings (SSSR count). The van der Waals surface area contributed by atoms with Gasteiger partial charge in [-0.2, -0.15) is 5.26 Å². The second-order valence-electron chi connectivity index (χ2n) is 4.88. The zero-order chi connectivity index (χ0) is 15.2. The molecule has 0 saturated carbocycles. The number of aromatic nitrogens is 1. The van der Waals surface area contributed by atoms with E-state index in [1.807, 2.05) is 31.2 Å². The number of nitrogens with two attached hydrogens (primary N) is 1. The predicted octanol–water partition coefficient (Wildman–Crippen LogP) is 3.08. The number of rotatable bonds is 5. The molecule has 0 aliphatic carbocycles. The Morgan fingerprint density at radius 2 is 2.19 bits per heavy atom. The van der Waals surface area contributed by atoms with Gasteiger partial charge in [0.25, 0.3) is 0 Å². The highest BCUT2D eigenvalue weighted by molar-refractivity contribution is 6.30. The summed E-state index contributed by atoms with van der Waals surface area (Å²) < 4.78 is 5.83. The normalized spacial score (nSPS) is 11.7. The molecular formula is C16H16ClN3O. The summed E-state index contributed by atoms with van der Waals surface area (Å²) in [4.78, 5) is 3.93. The molecule has 0 amide bonds. The standard InChI is InChI=1S/C16H16ClN3O/c1-11(19)6-13-8-14(17)2-3-16(13)21-10-12-4-5-20-15(7-12)9-18/h2-5,7-8,11H,6,10,19H2,1H3. The summed E-state index contributed by atoms with van der Waals surface area (Å²) >= 11 is 6.02. The first-order valence-corrected chi connectivity index (χ1v) is 6.98. The van der Waals surface area contributed by atoms with Gasteiger partial charge in [-0.05, 0) is 54.8 Å². The van der Waals surface area contributed by atoms with Gasteiger partial charge >= 0.3 is 0 Å². The van der Waals surface area contributed by atoms with Crippen LogP contribution in [0.5, 0.6) is 5.75 Å². The van der Waals surface area contributed by atoms with Crippen LogP contribution < -0.4 is 10.5 Å². The van der Waals surface area contributed by atoms with E-state index in [9.17, 15) is 0 Å². The molecule has 0 aliphatic heterocycles. The van der Waals surface area contributed by atoms with Crippen LogP contribution in [0, 0.1) is 11.3 Å². The van der Waals surface area contributed by atoms with Gasteiger partial charge in [0.05, 0.1) is 0 Å². The SMILES string of the molecule is CC(N)Cc1cc(Cl)ccc1OCc1ccnc(C#N)c1. The number of nitriles is 1. The molecular weight excluding hydrogens is 286 g/mol. The summed E-state index contributed by atoms with van der Waals surface area (Å²) in [6.45, 7) is 2.30. The first-order chi connectivity index (χ1) is 10.1. The van der Waals surface area contributed by atoms with Crippen LogP contribution in [-0.4, -0.2) is 11.0 Å². The minimum atomic E-state index is 0.0249. The summed E-state index contributed by atoms with van der Waals surface area (Å²) in [7, 11) is 0. The summed E-state index contributed by atoms with van der Waals surface area (Å²) in [6.07, 6.45) is 2.29. The van der Waals surface area contributed by atoms with Crippen LogP contribution in [0.25, 0.3) is 0 Å². The lowest BCUT2D eigenvalue weighted by Crippen LogP contribution is -2.18. The Labute approximate surface area is 129 Å². The Morgan fingerprint density at radius 3 is 2.90 bits per heavy atom. The highest BCUT2D eigenvalue weighted by Gasteiger charge is 2.08. The summed E-state index contributed by atoms with van der Waals surface area (Å²) in [6, 6.07) is 11.1. The molecule has 1 unspecified atom stereocenters. The number of halogens is 1. The van der Waals surface area contributed by atoms with Gasteiger partial charge in [-0.3, -0.25) is 0 Å². The predicted molar refractivity (Wildman–Crippen MR) is 82.1 cm³/mol. The van der Waals surface area contributed by atoms with Crippen molar-refractivity contribution in [3.05, 3.63) is 58.4 Å². The molecule has 1 aromatic heterocycles. The van der Waals surface area contributed by atoms with E-state index in [1.165, 1.54) is 0 Å². The van der Waals surface area contributed by atoms with E-state index < -0.39 is 0 Å². The lowest BCUT2D eigenvalue weighted by molar-refractivity contribution is 0.302. The Hall–Kier alpha value is -2.09.